The van der Waals surface area contributed by atoms with E-state index in [1.54, 1.807) is 12.1 Å². The number of amides is 1. The average Bonchev–Trinajstić information content (AvgIpc) is 2.67. The first kappa shape index (κ1) is 12.9. The number of fused-ring (bicyclic) bond motifs is 1. The molecule has 2 aliphatic rings. The van der Waals surface area contributed by atoms with E-state index in [0.29, 0.717) is 0 Å². The van der Waals surface area contributed by atoms with Crippen molar-refractivity contribution >= 4 is 12.1 Å². The molecular formula is C13H13FN2O4. The summed E-state index contributed by atoms with van der Waals surface area (Å²) >= 11 is 0. The number of rotatable bonds is 3. The molecule has 0 radical (unpaired) electrons. The number of halogens is 1. The maximum absolute atomic E-state index is 13.5. The van der Waals surface area contributed by atoms with E-state index >= 15 is 0 Å². The van der Waals surface area contributed by atoms with E-state index in [-0.39, 0.29) is 19.1 Å². The normalized spacial score (nSPS) is 28.2. The summed E-state index contributed by atoms with van der Waals surface area (Å²) < 4.78 is 18.4. The number of nitrogens with zero attached hydrogens (tertiary/aromatic N) is 1. The van der Waals surface area contributed by atoms with Gasteiger partial charge < -0.3 is 14.9 Å². The average molecular weight is 280 g/mol. The minimum absolute atomic E-state index is 0.0624. The molecule has 0 unspecified atom stereocenters. The summed E-state index contributed by atoms with van der Waals surface area (Å²) in [5.74, 6) is -0.342. The number of hydrogen-bond donors (Lipinski definition) is 1. The second-order valence-corrected chi connectivity index (χ2v) is 4.71. The van der Waals surface area contributed by atoms with Gasteiger partial charge >= 0.3 is 6.16 Å². The van der Waals surface area contributed by atoms with Crippen LogP contribution in [-0.2, 0) is 21.0 Å². The van der Waals surface area contributed by atoms with Crippen LogP contribution in [0.25, 0.3) is 0 Å². The third-order valence-electron chi connectivity index (χ3n) is 3.36. The summed E-state index contributed by atoms with van der Waals surface area (Å²) in [6.45, 7) is -0.0681. The van der Waals surface area contributed by atoms with E-state index in [4.69, 9.17) is 9.57 Å². The molecule has 1 N–H and O–H groups in total. The first-order valence-electron chi connectivity index (χ1n) is 6.25. The number of carbonyl (C=O) groups excluding carboxylic acids is 2. The molecule has 1 amide bonds. The molecule has 0 bridgehead atoms. The largest absolute Gasteiger partial charge is 0.528 e. The molecule has 0 aliphatic carbocycles. The molecule has 6 nitrogen and oxygen atoms in total. The van der Waals surface area contributed by atoms with Crippen molar-refractivity contribution in [1.82, 2.24) is 10.4 Å². The third-order valence-corrected chi connectivity index (χ3v) is 3.36. The van der Waals surface area contributed by atoms with Gasteiger partial charge in [0.2, 0.25) is 5.91 Å². The summed E-state index contributed by atoms with van der Waals surface area (Å²) in [4.78, 5) is 27.7. The number of carbonyl (C=O) groups is 2. The number of hydrogen-bond acceptors (Lipinski definition) is 5. The smallest absolute Gasteiger partial charge is 0.428 e. The molecule has 7 heteroatoms. The first-order valence-corrected chi connectivity index (χ1v) is 6.25. The van der Waals surface area contributed by atoms with Crippen LogP contribution in [0.2, 0.25) is 0 Å². The number of β-lactam (4-membered cyclic amide) rings is 1. The topological polar surface area (TPSA) is 67.9 Å². The highest BCUT2D eigenvalue weighted by atomic mass is 19.1. The van der Waals surface area contributed by atoms with Crippen LogP contribution < -0.4 is 5.32 Å². The standard InChI is InChI=1S/C13H13FN2O4/c14-9-6-16(11-10(9)15-12(11)17)20-13(18)19-7-8-4-2-1-3-5-8/h1-5,9-11H,6-7H2,(H,15,17)/t9-,10+,11-/m0/s1. The lowest BCUT2D eigenvalue weighted by atomic mass is 10.00. The Balaban J connectivity index is 1.51. The molecule has 20 heavy (non-hydrogen) atoms. The predicted molar refractivity (Wildman–Crippen MR) is 65.0 cm³/mol. The Bertz CT molecular complexity index is 524. The predicted octanol–water partition coefficient (Wildman–Crippen LogP) is 0.775. The van der Waals surface area contributed by atoms with Crippen LogP contribution in [0.15, 0.2) is 30.3 Å². The van der Waals surface area contributed by atoms with Crippen LogP contribution in [0.1, 0.15) is 5.56 Å². The molecular weight excluding hydrogens is 267 g/mol. The van der Waals surface area contributed by atoms with Crippen LogP contribution in [0.5, 0.6) is 0 Å². The number of hydroxylamine groups is 2. The molecule has 3 atom stereocenters. The van der Waals surface area contributed by atoms with Crippen LogP contribution >= 0.6 is 0 Å². The van der Waals surface area contributed by atoms with E-state index in [0.717, 1.165) is 10.6 Å². The van der Waals surface area contributed by atoms with Crippen LogP contribution in [0.4, 0.5) is 9.18 Å². The number of alkyl halides is 1. The lowest BCUT2D eigenvalue weighted by Crippen LogP contribution is -2.66. The van der Waals surface area contributed by atoms with Gasteiger partial charge in [0.05, 0.1) is 12.6 Å². The molecule has 2 heterocycles. The molecule has 106 valence electrons. The Kier molecular flexibility index (Phi) is 3.27. The van der Waals surface area contributed by atoms with Crippen molar-refractivity contribution in [3.63, 3.8) is 0 Å². The Morgan fingerprint density at radius 2 is 2.15 bits per heavy atom. The quantitative estimate of drug-likeness (QED) is 0.654. The minimum atomic E-state index is -1.24. The van der Waals surface area contributed by atoms with Gasteiger partial charge in [-0.05, 0) is 5.56 Å². The molecule has 0 saturated carbocycles. The van der Waals surface area contributed by atoms with E-state index < -0.39 is 24.4 Å². The summed E-state index contributed by atoms with van der Waals surface area (Å²) in [6.07, 6.45) is -2.18. The highest BCUT2D eigenvalue weighted by Gasteiger charge is 2.56. The van der Waals surface area contributed by atoms with E-state index in [1.165, 1.54) is 0 Å². The molecule has 2 fully saturated rings. The Labute approximate surface area is 114 Å². The van der Waals surface area contributed by atoms with E-state index in [1.807, 2.05) is 18.2 Å². The van der Waals surface area contributed by atoms with Gasteiger partial charge in [-0.15, -0.1) is 5.06 Å². The lowest BCUT2D eigenvalue weighted by molar-refractivity contribution is -0.168. The molecule has 1 aromatic carbocycles. The molecule has 1 aromatic rings. The highest BCUT2D eigenvalue weighted by molar-refractivity contribution is 5.90. The van der Waals surface area contributed by atoms with Gasteiger partial charge in [0.25, 0.3) is 0 Å². The van der Waals surface area contributed by atoms with Gasteiger partial charge in [-0.25, -0.2) is 9.18 Å². The maximum Gasteiger partial charge on any atom is 0.528 e. The van der Waals surface area contributed by atoms with Gasteiger partial charge in [0.1, 0.15) is 18.8 Å². The fourth-order valence-corrected chi connectivity index (χ4v) is 2.33. The third kappa shape index (κ3) is 2.32. The van der Waals surface area contributed by atoms with Crippen LogP contribution in [-0.4, -0.2) is 41.9 Å². The Morgan fingerprint density at radius 1 is 1.40 bits per heavy atom. The van der Waals surface area contributed by atoms with Crippen molar-refractivity contribution in [2.45, 2.75) is 24.9 Å². The Hall–Kier alpha value is -2.15. The van der Waals surface area contributed by atoms with E-state index in [2.05, 4.69) is 5.32 Å². The first-order chi connectivity index (χ1) is 9.65. The van der Waals surface area contributed by atoms with Crippen LogP contribution in [0, 0.1) is 0 Å². The fourth-order valence-electron chi connectivity index (χ4n) is 2.33. The SMILES string of the molecule is O=C(OCc1ccccc1)ON1C[C@H](F)[C@H]2NC(=O)[C@H]21. The van der Waals surface area contributed by atoms with Crippen molar-refractivity contribution in [3.8, 4) is 0 Å². The highest BCUT2D eigenvalue weighted by Crippen LogP contribution is 2.28. The summed E-state index contributed by atoms with van der Waals surface area (Å²) in [5.41, 5.74) is 0.813. The molecule has 0 aromatic heterocycles. The fraction of sp³-hybridized carbons (Fsp3) is 0.385. The summed E-state index contributed by atoms with van der Waals surface area (Å²) in [6, 6.07) is 7.76. The van der Waals surface area contributed by atoms with Gasteiger partial charge in [0.15, 0.2) is 0 Å². The number of benzene rings is 1. The van der Waals surface area contributed by atoms with Crippen molar-refractivity contribution < 1.29 is 23.6 Å². The minimum Gasteiger partial charge on any atom is -0.428 e. The van der Waals surface area contributed by atoms with Crippen molar-refractivity contribution in [3.05, 3.63) is 35.9 Å². The van der Waals surface area contributed by atoms with Crippen molar-refractivity contribution in [2.24, 2.45) is 0 Å². The molecule has 2 aliphatic heterocycles. The van der Waals surface area contributed by atoms with Gasteiger partial charge in [0, 0.05) is 0 Å². The van der Waals surface area contributed by atoms with Crippen LogP contribution in [0.3, 0.4) is 0 Å². The zero-order valence-electron chi connectivity index (χ0n) is 10.5. The van der Waals surface area contributed by atoms with Gasteiger partial charge in [-0.2, -0.15) is 0 Å². The lowest BCUT2D eigenvalue weighted by Gasteiger charge is -2.33. The van der Waals surface area contributed by atoms with Crippen molar-refractivity contribution in [2.75, 3.05) is 6.54 Å². The van der Waals surface area contributed by atoms with Gasteiger partial charge in [-0.1, -0.05) is 30.3 Å². The van der Waals surface area contributed by atoms with E-state index in [9.17, 15) is 14.0 Å². The van der Waals surface area contributed by atoms with Crippen molar-refractivity contribution in [1.29, 1.82) is 0 Å². The molecule has 3 rings (SSSR count). The Morgan fingerprint density at radius 3 is 2.85 bits per heavy atom. The zero-order chi connectivity index (χ0) is 14.1. The maximum atomic E-state index is 13.5. The molecule has 0 spiro atoms. The molecule has 2 saturated heterocycles. The monoisotopic (exact) mass is 280 g/mol. The number of nitrogens with one attached hydrogen (secondary N) is 1. The second-order valence-electron chi connectivity index (χ2n) is 4.71. The zero-order valence-corrected chi connectivity index (χ0v) is 10.5. The second kappa shape index (κ2) is 5.09. The number of ether oxygens (including phenoxy) is 1. The summed E-state index contributed by atoms with van der Waals surface area (Å²) in [5, 5.41) is 3.47. The van der Waals surface area contributed by atoms with Gasteiger partial charge in [-0.3, -0.25) is 4.79 Å². The summed E-state index contributed by atoms with van der Waals surface area (Å²) in [7, 11) is 0.